The number of hydrogen-bond acceptors (Lipinski definition) is 8. The second-order valence-electron chi connectivity index (χ2n) is 7.81. The highest BCUT2D eigenvalue weighted by atomic mass is 35.5. The number of methoxy groups -OCH3 is 1. The number of fused-ring (bicyclic) bond motifs is 2. The summed E-state index contributed by atoms with van der Waals surface area (Å²) in [5.74, 6) is 0.0496. The van der Waals surface area contributed by atoms with E-state index in [1.807, 2.05) is 0 Å². The molecule has 3 amide bonds. The van der Waals surface area contributed by atoms with Gasteiger partial charge in [0.2, 0.25) is 0 Å². The minimum absolute atomic E-state index is 0.163. The summed E-state index contributed by atoms with van der Waals surface area (Å²) >= 11 is 7.12. The van der Waals surface area contributed by atoms with Crippen molar-refractivity contribution in [2.45, 2.75) is 13.0 Å². The Labute approximate surface area is 213 Å². The summed E-state index contributed by atoms with van der Waals surface area (Å²) < 4.78 is 10.0. The third-order valence-corrected chi connectivity index (χ3v) is 6.91. The maximum absolute atomic E-state index is 13.2. The lowest BCUT2D eigenvalue weighted by Crippen LogP contribution is -2.35. The van der Waals surface area contributed by atoms with Gasteiger partial charge < -0.3 is 19.7 Å². The van der Waals surface area contributed by atoms with Crippen LogP contribution in [0.2, 0.25) is 5.02 Å². The molecule has 2 aromatic heterocycles. The number of rotatable bonds is 4. The fourth-order valence-corrected chi connectivity index (χ4v) is 5.13. The first-order valence-electron chi connectivity index (χ1n) is 10.7. The highest BCUT2D eigenvalue weighted by molar-refractivity contribution is 7.17. The molecule has 5 rings (SSSR count). The molecule has 0 radical (unpaired) electrons. The molecule has 0 aliphatic carbocycles. The van der Waals surface area contributed by atoms with Crippen molar-refractivity contribution < 1.29 is 23.9 Å². The standard InChI is InChI=1S/C23H19ClN6O5S/c1-34-23(33)35-19-15-8-9-30(21(31)12-2-7-16-17(10-12)28-29-27-16)11-18(15)36-20(19)26-22(32)25-14-5-3-13(24)4-6-14/h2-7,10H,8-9,11H2,1H3,(H2,25,26,32)(H,27,28,29). The number of anilines is 2. The number of benzene rings is 2. The monoisotopic (exact) mass is 526 g/mol. The van der Waals surface area contributed by atoms with Crippen LogP contribution < -0.4 is 15.4 Å². The zero-order chi connectivity index (χ0) is 25.2. The molecule has 3 N–H and O–H groups in total. The van der Waals surface area contributed by atoms with Crippen molar-refractivity contribution in [2.24, 2.45) is 0 Å². The molecular formula is C23H19ClN6O5S. The van der Waals surface area contributed by atoms with Gasteiger partial charge >= 0.3 is 12.2 Å². The first-order chi connectivity index (χ1) is 17.4. The quantitative estimate of drug-likeness (QED) is 0.329. The van der Waals surface area contributed by atoms with Crippen LogP contribution in [-0.2, 0) is 17.7 Å². The van der Waals surface area contributed by atoms with E-state index >= 15 is 0 Å². The Morgan fingerprint density at radius 2 is 1.86 bits per heavy atom. The molecule has 36 heavy (non-hydrogen) atoms. The Morgan fingerprint density at radius 3 is 2.64 bits per heavy atom. The largest absolute Gasteiger partial charge is 0.513 e. The number of hydrogen-bond donors (Lipinski definition) is 3. The second kappa shape index (κ2) is 9.84. The van der Waals surface area contributed by atoms with Gasteiger partial charge in [0, 0.05) is 33.3 Å². The van der Waals surface area contributed by atoms with Gasteiger partial charge in [-0.05, 0) is 48.9 Å². The van der Waals surface area contributed by atoms with Gasteiger partial charge in [-0.1, -0.05) is 11.6 Å². The SMILES string of the molecule is COC(=O)Oc1c(NC(=O)Nc2ccc(Cl)cc2)sc2c1CCN(C(=O)c1ccc3n[nH]nc3c1)C2. The van der Waals surface area contributed by atoms with Gasteiger partial charge in [-0.2, -0.15) is 15.4 Å². The van der Waals surface area contributed by atoms with E-state index in [1.54, 1.807) is 47.4 Å². The van der Waals surface area contributed by atoms with Crippen LogP contribution in [0.15, 0.2) is 42.5 Å². The van der Waals surface area contributed by atoms with Gasteiger partial charge in [0.05, 0.1) is 13.7 Å². The van der Waals surface area contributed by atoms with E-state index in [0.29, 0.717) is 45.3 Å². The molecule has 0 saturated carbocycles. The summed E-state index contributed by atoms with van der Waals surface area (Å²) in [4.78, 5) is 40.2. The molecule has 0 bridgehead atoms. The minimum atomic E-state index is -0.906. The van der Waals surface area contributed by atoms with Crippen molar-refractivity contribution in [3.8, 4) is 5.75 Å². The van der Waals surface area contributed by atoms with Crippen LogP contribution in [0, 0.1) is 0 Å². The van der Waals surface area contributed by atoms with E-state index in [4.69, 9.17) is 16.3 Å². The molecule has 0 saturated heterocycles. The Kier molecular flexibility index (Phi) is 6.44. The zero-order valence-electron chi connectivity index (χ0n) is 18.8. The van der Waals surface area contributed by atoms with Crippen molar-refractivity contribution in [1.29, 1.82) is 0 Å². The third-order valence-electron chi connectivity index (χ3n) is 5.54. The van der Waals surface area contributed by atoms with Crippen molar-refractivity contribution >= 4 is 62.8 Å². The fraction of sp³-hybridized carbons (Fsp3) is 0.174. The molecule has 2 aromatic carbocycles. The Morgan fingerprint density at radius 1 is 1.08 bits per heavy atom. The molecule has 11 nitrogen and oxygen atoms in total. The molecule has 0 unspecified atom stereocenters. The average molecular weight is 527 g/mol. The van der Waals surface area contributed by atoms with Crippen LogP contribution >= 0.6 is 22.9 Å². The van der Waals surface area contributed by atoms with Gasteiger partial charge in [0.1, 0.15) is 16.0 Å². The number of carbonyl (C=O) groups is 3. The molecule has 1 aliphatic heterocycles. The average Bonchev–Trinajstić information content (AvgIpc) is 3.48. The van der Waals surface area contributed by atoms with E-state index < -0.39 is 12.2 Å². The number of urea groups is 1. The van der Waals surface area contributed by atoms with Gasteiger partial charge in [0.25, 0.3) is 5.91 Å². The summed E-state index contributed by atoms with van der Waals surface area (Å²) in [5, 5.41) is 16.9. The van der Waals surface area contributed by atoms with Crippen LogP contribution in [0.25, 0.3) is 11.0 Å². The molecule has 13 heteroatoms. The van der Waals surface area contributed by atoms with E-state index in [1.165, 1.54) is 18.4 Å². The number of nitrogens with one attached hydrogen (secondary N) is 3. The minimum Gasteiger partial charge on any atom is -0.437 e. The summed E-state index contributed by atoms with van der Waals surface area (Å²) in [7, 11) is 1.20. The maximum Gasteiger partial charge on any atom is 0.513 e. The fourth-order valence-electron chi connectivity index (χ4n) is 3.82. The summed E-state index contributed by atoms with van der Waals surface area (Å²) in [6.45, 7) is 0.682. The number of H-pyrrole nitrogens is 1. The van der Waals surface area contributed by atoms with E-state index in [9.17, 15) is 14.4 Å². The predicted molar refractivity (Wildman–Crippen MR) is 134 cm³/mol. The third kappa shape index (κ3) is 4.81. The van der Waals surface area contributed by atoms with Gasteiger partial charge in [0.15, 0.2) is 5.75 Å². The van der Waals surface area contributed by atoms with E-state index in [-0.39, 0.29) is 18.2 Å². The van der Waals surface area contributed by atoms with Crippen LogP contribution in [0.3, 0.4) is 0 Å². The number of thiophene rings is 1. The number of aromatic nitrogens is 3. The Hall–Kier alpha value is -4.16. The molecule has 0 spiro atoms. The molecule has 0 atom stereocenters. The highest BCUT2D eigenvalue weighted by Crippen LogP contribution is 2.43. The van der Waals surface area contributed by atoms with Crippen molar-refractivity contribution in [2.75, 3.05) is 24.3 Å². The topological polar surface area (TPSA) is 139 Å². The molecule has 0 fully saturated rings. The number of halogens is 1. The molecular weight excluding hydrogens is 508 g/mol. The van der Waals surface area contributed by atoms with Crippen LogP contribution in [0.4, 0.5) is 20.3 Å². The first-order valence-corrected chi connectivity index (χ1v) is 11.9. The van der Waals surface area contributed by atoms with Crippen LogP contribution in [-0.4, -0.2) is 52.1 Å². The predicted octanol–water partition coefficient (Wildman–Crippen LogP) is 4.66. The lowest BCUT2D eigenvalue weighted by atomic mass is 10.1. The molecule has 184 valence electrons. The lowest BCUT2D eigenvalue weighted by Gasteiger charge is -2.27. The summed E-state index contributed by atoms with van der Waals surface area (Å²) in [6, 6.07) is 11.2. The molecule has 3 heterocycles. The zero-order valence-corrected chi connectivity index (χ0v) is 20.4. The lowest BCUT2D eigenvalue weighted by molar-refractivity contribution is 0.0735. The van der Waals surface area contributed by atoms with Crippen molar-refractivity contribution in [3.63, 3.8) is 0 Å². The summed E-state index contributed by atoms with van der Waals surface area (Å²) in [6.07, 6.45) is -0.479. The smallest absolute Gasteiger partial charge is 0.437 e. The number of nitrogens with zero attached hydrogens (tertiary/aromatic N) is 3. The molecule has 4 aromatic rings. The highest BCUT2D eigenvalue weighted by Gasteiger charge is 2.30. The Balaban J connectivity index is 1.37. The second-order valence-corrected chi connectivity index (χ2v) is 9.35. The number of aromatic amines is 1. The van der Waals surface area contributed by atoms with E-state index in [0.717, 1.165) is 10.4 Å². The Bertz CT molecular complexity index is 1470. The van der Waals surface area contributed by atoms with Gasteiger partial charge in [-0.25, -0.2) is 9.59 Å². The van der Waals surface area contributed by atoms with Gasteiger partial charge in [-0.15, -0.1) is 11.3 Å². The molecule has 1 aliphatic rings. The number of amides is 3. The normalized spacial score (nSPS) is 12.7. The van der Waals surface area contributed by atoms with Gasteiger partial charge in [-0.3, -0.25) is 10.1 Å². The van der Waals surface area contributed by atoms with Crippen LogP contribution in [0.1, 0.15) is 20.8 Å². The maximum atomic E-state index is 13.2. The van der Waals surface area contributed by atoms with Crippen molar-refractivity contribution in [1.82, 2.24) is 20.3 Å². The van der Waals surface area contributed by atoms with E-state index in [2.05, 4.69) is 30.8 Å². The van der Waals surface area contributed by atoms with Crippen molar-refractivity contribution in [3.05, 3.63) is 63.5 Å². The first kappa shape index (κ1) is 23.6. The van der Waals surface area contributed by atoms with Crippen LogP contribution in [0.5, 0.6) is 5.75 Å². The summed E-state index contributed by atoms with van der Waals surface area (Å²) in [5.41, 5.74) is 3.03. The number of ether oxygens (including phenoxy) is 2. The number of carbonyl (C=O) groups excluding carboxylic acids is 3.